The number of rotatable bonds is 6. The Morgan fingerprint density at radius 3 is 2.54 bits per heavy atom. The highest BCUT2D eigenvalue weighted by molar-refractivity contribution is 6.02. The molecular weight excluding hydrogens is 334 g/mol. The average molecular weight is 355 g/mol. The van der Waals surface area contributed by atoms with Crippen LogP contribution >= 0.6 is 0 Å². The number of hydrazine groups is 1. The summed E-state index contributed by atoms with van der Waals surface area (Å²) in [5.41, 5.74) is 3.93. The summed E-state index contributed by atoms with van der Waals surface area (Å²) in [6, 6.07) is 14.1. The molecule has 1 aliphatic heterocycles. The molecule has 7 heteroatoms. The van der Waals surface area contributed by atoms with Crippen molar-refractivity contribution >= 4 is 17.5 Å². The average Bonchev–Trinajstić information content (AvgIpc) is 2.68. The van der Waals surface area contributed by atoms with Gasteiger partial charge in [-0.1, -0.05) is 19.1 Å². The number of anilines is 1. The first-order valence-electron chi connectivity index (χ1n) is 8.38. The smallest absolute Gasteiger partial charge is 0.276 e. The van der Waals surface area contributed by atoms with E-state index < -0.39 is 5.91 Å². The molecule has 0 aliphatic carbocycles. The maximum absolute atomic E-state index is 12.7. The van der Waals surface area contributed by atoms with Crippen LogP contribution in [0, 0.1) is 0 Å². The number of carbonyl (C=O) groups excluding carboxylic acids is 2. The first kappa shape index (κ1) is 17.6. The molecule has 1 unspecified atom stereocenters. The lowest BCUT2D eigenvalue weighted by atomic mass is 10.1. The molecule has 26 heavy (non-hydrogen) atoms. The molecule has 2 amide bonds. The van der Waals surface area contributed by atoms with E-state index in [2.05, 4.69) is 10.7 Å². The van der Waals surface area contributed by atoms with E-state index in [4.69, 9.17) is 9.47 Å². The minimum absolute atomic E-state index is 0.200. The molecule has 2 N–H and O–H groups in total. The molecule has 1 aliphatic rings. The summed E-state index contributed by atoms with van der Waals surface area (Å²) >= 11 is 0. The molecule has 7 nitrogen and oxygen atoms in total. The molecule has 1 atom stereocenters. The molecule has 0 saturated heterocycles. The van der Waals surface area contributed by atoms with Crippen molar-refractivity contribution in [1.82, 2.24) is 10.4 Å². The number of nitrogens with zero attached hydrogens (tertiary/aromatic N) is 1. The fourth-order valence-electron chi connectivity index (χ4n) is 2.71. The molecule has 136 valence electrons. The largest absolute Gasteiger partial charge is 0.497 e. The SMILES string of the molecule is CCC1Nc2ccccc2C(=O)N1NC(=O)COc1ccc(OC)cc1. The van der Waals surface area contributed by atoms with Crippen LogP contribution < -0.4 is 20.2 Å². The fourth-order valence-corrected chi connectivity index (χ4v) is 2.71. The van der Waals surface area contributed by atoms with Crippen LogP contribution in [0.1, 0.15) is 23.7 Å². The number of ether oxygens (including phenoxy) is 2. The number of benzene rings is 2. The highest BCUT2D eigenvalue weighted by Crippen LogP contribution is 2.25. The molecule has 1 heterocycles. The predicted octanol–water partition coefficient (Wildman–Crippen LogP) is 2.41. The Morgan fingerprint density at radius 1 is 1.15 bits per heavy atom. The summed E-state index contributed by atoms with van der Waals surface area (Å²) in [6.07, 6.45) is 0.321. The second kappa shape index (κ2) is 7.77. The molecule has 3 rings (SSSR count). The molecule has 2 aromatic carbocycles. The van der Waals surface area contributed by atoms with Gasteiger partial charge in [0.15, 0.2) is 6.61 Å². The van der Waals surface area contributed by atoms with Crippen molar-refractivity contribution in [3.8, 4) is 11.5 Å². The second-order valence-corrected chi connectivity index (χ2v) is 5.79. The van der Waals surface area contributed by atoms with Crippen LogP contribution in [0.5, 0.6) is 11.5 Å². The van der Waals surface area contributed by atoms with Gasteiger partial charge in [-0.15, -0.1) is 0 Å². The van der Waals surface area contributed by atoms with E-state index in [0.29, 0.717) is 23.5 Å². The van der Waals surface area contributed by atoms with Gasteiger partial charge in [-0.05, 0) is 42.8 Å². The molecule has 0 spiro atoms. The van der Waals surface area contributed by atoms with E-state index in [1.807, 2.05) is 19.1 Å². The zero-order chi connectivity index (χ0) is 18.5. The fraction of sp³-hybridized carbons (Fsp3) is 0.263. The summed E-state index contributed by atoms with van der Waals surface area (Å²) in [5, 5.41) is 4.58. The van der Waals surface area contributed by atoms with E-state index in [1.54, 1.807) is 43.5 Å². The van der Waals surface area contributed by atoms with E-state index in [-0.39, 0.29) is 18.7 Å². The van der Waals surface area contributed by atoms with Gasteiger partial charge in [-0.2, -0.15) is 0 Å². The maximum Gasteiger partial charge on any atom is 0.276 e. The molecule has 0 aromatic heterocycles. The Bertz CT molecular complexity index is 792. The Balaban J connectivity index is 1.63. The lowest BCUT2D eigenvalue weighted by Crippen LogP contribution is -2.57. The number of hydrogen-bond acceptors (Lipinski definition) is 5. The quantitative estimate of drug-likeness (QED) is 0.832. The lowest BCUT2D eigenvalue weighted by Gasteiger charge is -2.37. The number of fused-ring (bicyclic) bond motifs is 1. The first-order valence-corrected chi connectivity index (χ1v) is 8.38. The Hall–Kier alpha value is -3.22. The van der Waals surface area contributed by atoms with Gasteiger partial charge < -0.3 is 14.8 Å². The topological polar surface area (TPSA) is 79.9 Å². The van der Waals surface area contributed by atoms with Crippen LogP contribution in [0.2, 0.25) is 0 Å². The molecule has 2 aromatic rings. The number of methoxy groups -OCH3 is 1. The van der Waals surface area contributed by atoms with Gasteiger partial charge in [0.05, 0.1) is 12.7 Å². The zero-order valence-electron chi connectivity index (χ0n) is 14.7. The van der Waals surface area contributed by atoms with Crippen molar-refractivity contribution in [2.24, 2.45) is 0 Å². The highest BCUT2D eigenvalue weighted by Gasteiger charge is 2.32. The normalized spacial score (nSPS) is 15.7. The van der Waals surface area contributed by atoms with Crippen molar-refractivity contribution in [3.63, 3.8) is 0 Å². The Kier molecular flexibility index (Phi) is 5.26. The highest BCUT2D eigenvalue weighted by atomic mass is 16.5. The second-order valence-electron chi connectivity index (χ2n) is 5.79. The Labute approximate surface area is 151 Å². The van der Waals surface area contributed by atoms with Gasteiger partial charge in [0.25, 0.3) is 11.8 Å². The summed E-state index contributed by atoms with van der Waals surface area (Å²) < 4.78 is 10.5. The Morgan fingerprint density at radius 2 is 1.85 bits per heavy atom. The van der Waals surface area contributed by atoms with E-state index in [9.17, 15) is 9.59 Å². The van der Waals surface area contributed by atoms with Crippen molar-refractivity contribution in [1.29, 1.82) is 0 Å². The van der Waals surface area contributed by atoms with Crippen LogP contribution in [0.3, 0.4) is 0 Å². The minimum atomic E-state index is -0.409. The van der Waals surface area contributed by atoms with Crippen molar-refractivity contribution in [3.05, 3.63) is 54.1 Å². The third kappa shape index (κ3) is 3.72. The van der Waals surface area contributed by atoms with Gasteiger partial charge in [-0.3, -0.25) is 15.0 Å². The third-order valence-corrected chi connectivity index (χ3v) is 4.07. The van der Waals surface area contributed by atoms with Gasteiger partial charge in [0, 0.05) is 5.69 Å². The van der Waals surface area contributed by atoms with Crippen molar-refractivity contribution in [2.45, 2.75) is 19.5 Å². The summed E-state index contributed by atoms with van der Waals surface area (Å²) in [5.74, 6) is 0.593. The molecule has 0 bridgehead atoms. The summed E-state index contributed by atoms with van der Waals surface area (Å²) in [6.45, 7) is 1.74. The minimum Gasteiger partial charge on any atom is -0.497 e. The summed E-state index contributed by atoms with van der Waals surface area (Å²) in [7, 11) is 1.58. The maximum atomic E-state index is 12.7. The van der Waals surface area contributed by atoms with Crippen LogP contribution in [-0.2, 0) is 4.79 Å². The summed E-state index contributed by atoms with van der Waals surface area (Å²) in [4.78, 5) is 24.9. The molecular formula is C19H21N3O4. The third-order valence-electron chi connectivity index (χ3n) is 4.07. The monoisotopic (exact) mass is 355 g/mol. The molecule has 0 saturated carbocycles. The molecule has 0 radical (unpaired) electrons. The number of carbonyl (C=O) groups is 2. The first-order chi connectivity index (χ1) is 12.6. The lowest BCUT2D eigenvalue weighted by molar-refractivity contribution is -0.127. The predicted molar refractivity (Wildman–Crippen MR) is 96.9 cm³/mol. The van der Waals surface area contributed by atoms with E-state index in [0.717, 1.165) is 5.69 Å². The van der Waals surface area contributed by atoms with E-state index in [1.165, 1.54) is 5.01 Å². The zero-order valence-corrected chi connectivity index (χ0v) is 14.7. The van der Waals surface area contributed by atoms with Gasteiger partial charge >= 0.3 is 0 Å². The number of hydrogen-bond donors (Lipinski definition) is 2. The molecule has 0 fully saturated rings. The van der Waals surface area contributed by atoms with Gasteiger partial charge in [0.2, 0.25) is 0 Å². The van der Waals surface area contributed by atoms with Crippen LogP contribution in [0.4, 0.5) is 5.69 Å². The number of amides is 2. The number of nitrogens with one attached hydrogen (secondary N) is 2. The van der Waals surface area contributed by atoms with Gasteiger partial charge in [-0.25, -0.2) is 5.01 Å². The van der Waals surface area contributed by atoms with Crippen molar-refractivity contribution in [2.75, 3.05) is 19.0 Å². The van der Waals surface area contributed by atoms with E-state index >= 15 is 0 Å². The van der Waals surface area contributed by atoms with Crippen LogP contribution in [0.15, 0.2) is 48.5 Å². The van der Waals surface area contributed by atoms with Crippen LogP contribution in [0.25, 0.3) is 0 Å². The number of para-hydroxylation sites is 1. The van der Waals surface area contributed by atoms with Crippen molar-refractivity contribution < 1.29 is 19.1 Å². The standard InChI is InChI=1S/C19H21N3O4/c1-3-17-20-16-7-5-4-6-15(16)19(24)22(17)21-18(23)12-26-14-10-8-13(25-2)9-11-14/h4-11,17,20H,3,12H2,1-2H3,(H,21,23). The van der Waals surface area contributed by atoms with Crippen LogP contribution in [-0.4, -0.2) is 36.7 Å². The van der Waals surface area contributed by atoms with Gasteiger partial charge in [0.1, 0.15) is 17.7 Å².